The highest BCUT2D eigenvalue weighted by atomic mass is 32.2. The lowest BCUT2D eigenvalue weighted by Crippen LogP contribution is -2.48. The second-order valence-corrected chi connectivity index (χ2v) is 9.46. The van der Waals surface area contributed by atoms with E-state index in [0.717, 1.165) is 30.2 Å². The zero-order valence-electron chi connectivity index (χ0n) is 16.2. The van der Waals surface area contributed by atoms with Gasteiger partial charge in [-0.2, -0.15) is 0 Å². The van der Waals surface area contributed by atoms with Gasteiger partial charge in [0.1, 0.15) is 0 Å². The smallest absolute Gasteiger partial charge is 0.321 e. The van der Waals surface area contributed by atoms with Crippen LogP contribution in [0.25, 0.3) is 10.7 Å². The molecule has 3 heterocycles. The van der Waals surface area contributed by atoms with Crippen molar-refractivity contribution in [2.24, 2.45) is 0 Å². The van der Waals surface area contributed by atoms with Crippen molar-refractivity contribution in [3.63, 3.8) is 0 Å². The van der Waals surface area contributed by atoms with E-state index in [4.69, 9.17) is 4.74 Å². The topological polar surface area (TPSA) is 98.1 Å². The zero-order valence-corrected chi connectivity index (χ0v) is 17.9. The molecule has 3 rings (SSSR count). The number of thioether (sulfide) groups is 1. The van der Waals surface area contributed by atoms with Gasteiger partial charge in [0.25, 0.3) is 0 Å². The predicted molar refractivity (Wildman–Crippen MR) is 109 cm³/mol. The number of imide groups is 1. The van der Waals surface area contributed by atoms with Crippen LogP contribution < -0.4 is 10.6 Å². The molecule has 0 aromatic carbocycles. The molecule has 10 heteroatoms. The highest BCUT2D eigenvalue weighted by Gasteiger charge is 2.23. The minimum atomic E-state index is -0.502. The number of hydrogen-bond acceptors (Lipinski definition) is 7. The van der Waals surface area contributed by atoms with E-state index >= 15 is 0 Å². The average Bonchev–Trinajstić information content (AvgIpc) is 3.33. The third-order valence-corrected chi connectivity index (χ3v) is 5.78. The van der Waals surface area contributed by atoms with Gasteiger partial charge < -0.3 is 10.1 Å². The van der Waals surface area contributed by atoms with Crippen molar-refractivity contribution in [1.29, 1.82) is 0 Å². The second kappa shape index (κ2) is 9.06. The standard InChI is InChI=1S/C18H25N5O3S2/c1-18(2,3)20-16(25)19-14(24)11-28-17-22-21-15(13-7-5-9-27-13)23(17)10-12-6-4-8-26-12/h5,7,9,12H,4,6,8,10-11H2,1-3H3,(H2,19,20,24,25)/t12-/m1/s1. The van der Waals surface area contributed by atoms with Gasteiger partial charge >= 0.3 is 6.03 Å². The first-order valence-electron chi connectivity index (χ1n) is 9.15. The summed E-state index contributed by atoms with van der Waals surface area (Å²) < 4.78 is 7.77. The number of ether oxygens (including phenoxy) is 1. The molecule has 0 bridgehead atoms. The third kappa shape index (κ3) is 5.79. The van der Waals surface area contributed by atoms with Gasteiger partial charge in [0, 0.05) is 12.1 Å². The molecule has 0 aliphatic carbocycles. The van der Waals surface area contributed by atoms with Gasteiger partial charge in [-0.05, 0) is 45.1 Å². The van der Waals surface area contributed by atoms with Crippen molar-refractivity contribution < 1.29 is 14.3 Å². The first-order chi connectivity index (χ1) is 13.3. The molecule has 2 aromatic heterocycles. The number of hydrogen-bond donors (Lipinski definition) is 2. The van der Waals surface area contributed by atoms with E-state index in [0.29, 0.717) is 11.7 Å². The molecule has 1 atom stereocenters. The fraction of sp³-hybridized carbons (Fsp3) is 0.556. The normalized spacial score (nSPS) is 16.9. The molecular formula is C18H25N5O3S2. The van der Waals surface area contributed by atoms with Gasteiger partial charge in [-0.3, -0.25) is 14.7 Å². The van der Waals surface area contributed by atoms with Crippen molar-refractivity contribution in [2.45, 2.75) is 57.0 Å². The van der Waals surface area contributed by atoms with E-state index in [2.05, 4.69) is 20.8 Å². The Morgan fingerprint density at radius 3 is 2.86 bits per heavy atom. The number of thiophene rings is 1. The lowest BCUT2D eigenvalue weighted by atomic mass is 10.1. The van der Waals surface area contributed by atoms with Gasteiger partial charge in [0.15, 0.2) is 11.0 Å². The maximum Gasteiger partial charge on any atom is 0.321 e. The van der Waals surface area contributed by atoms with E-state index in [9.17, 15) is 9.59 Å². The first-order valence-corrected chi connectivity index (χ1v) is 11.0. The lowest BCUT2D eigenvalue weighted by Gasteiger charge is -2.20. The number of carbonyl (C=O) groups excluding carboxylic acids is 2. The van der Waals surface area contributed by atoms with Crippen LogP contribution in [0.4, 0.5) is 4.79 Å². The Balaban J connectivity index is 1.66. The van der Waals surface area contributed by atoms with E-state index in [-0.39, 0.29) is 17.8 Å². The minimum absolute atomic E-state index is 0.0751. The van der Waals surface area contributed by atoms with Gasteiger partial charge in [0.2, 0.25) is 5.91 Å². The molecule has 1 aliphatic heterocycles. The van der Waals surface area contributed by atoms with E-state index < -0.39 is 11.6 Å². The van der Waals surface area contributed by atoms with Crippen molar-refractivity contribution in [3.05, 3.63) is 17.5 Å². The summed E-state index contributed by atoms with van der Waals surface area (Å²) in [7, 11) is 0. The fourth-order valence-electron chi connectivity index (χ4n) is 2.80. The van der Waals surface area contributed by atoms with Crippen LogP contribution in [0.3, 0.4) is 0 Å². The summed E-state index contributed by atoms with van der Waals surface area (Å²) in [5.41, 5.74) is -0.408. The van der Waals surface area contributed by atoms with Crippen LogP contribution in [0, 0.1) is 0 Å². The van der Waals surface area contributed by atoms with Crippen LogP contribution in [0.5, 0.6) is 0 Å². The van der Waals surface area contributed by atoms with Crippen LogP contribution in [-0.2, 0) is 16.1 Å². The predicted octanol–water partition coefficient (Wildman–Crippen LogP) is 2.90. The summed E-state index contributed by atoms with van der Waals surface area (Å²) in [6, 6.07) is 3.47. The number of nitrogens with one attached hydrogen (secondary N) is 2. The molecule has 2 N–H and O–H groups in total. The Morgan fingerprint density at radius 1 is 1.39 bits per heavy atom. The number of carbonyl (C=O) groups is 2. The van der Waals surface area contributed by atoms with Crippen LogP contribution in [-0.4, -0.2) is 50.7 Å². The molecule has 1 fully saturated rings. The van der Waals surface area contributed by atoms with Gasteiger partial charge in [-0.15, -0.1) is 21.5 Å². The van der Waals surface area contributed by atoms with Gasteiger partial charge in [-0.25, -0.2) is 4.79 Å². The van der Waals surface area contributed by atoms with Gasteiger partial charge in [0.05, 0.1) is 23.3 Å². The van der Waals surface area contributed by atoms with Crippen molar-refractivity contribution in [3.8, 4) is 10.7 Å². The maximum atomic E-state index is 12.1. The second-order valence-electron chi connectivity index (χ2n) is 7.57. The molecule has 2 aromatic rings. The molecule has 1 saturated heterocycles. The number of amides is 3. The molecule has 0 spiro atoms. The molecule has 0 saturated carbocycles. The quantitative estimate of drug-likeness (QED) is 0.693. The fourth-order valence-corrected chi connectivity index (χ4v) is 4.27. The Hall–Kier alpha value is -1.91. The summed E-state index contributed by atoms with van der Waals surface area (Å²) in [4.78, 5) is 25.0. The Kier molecular flexibility index (Phi) is 6.73. The molecule has 0 radical (unpaired) electrons. The van der Waals surface area contributed by atoms with Crippen molar-refractivity contribution in [2.75, 3.05) is 12.4 Å². The molecule has 8 nitrogen and oxygen atoms in total. The van der Waals surface area contributed by atoms with Crippen LogP contribution in [0.2, 0.25) is 0 Å². The van der Waals surface area contributed by atoms with E-state index in [1.165, 1.54) is 11.8 Å². The molecule has 1 aliphatic rings. The van der Waals surface area contributed by atoms with Crippen molar-refractivity contribution in [1.82, 2.24) is 25.4 Å². The highest BCUT2D eigenvalue weighted by Crippen LogP contribution is 2.28. The average molecular weight is 424 g/mol. The third-order valence-electron chi connectivity index (χ3n) is 3.94. The molecular weight excluding hydrogens is 398 g/mol. The number of urea groups is 1. The minimum Gasteiger partial charge on any atom is -0.376 e. The molecule has 28 heavy (non-hydrogen) atoms. The van der Waals surface area contributed by atoms with Crippen LogP contribution in [0.15, 0.2) is 22.7 Å². The summed E-state index contributed by atoms with van der Waals surface area (Å²) in [6.45, 7) is 6.98. The van der Waals surface area contributed by atoms with Crippen LogP contribution in [0.1, 0.15) is 33.6 Å². The summed E-state index contributed by atoms with van der Waals surface area (Å²) in [5.74, 6) is 0.473. The van der Waals surface area contributed by atoms with E-state index in [1.54, 1.807) is 11.3 Å². The largest absolute Gasteiger partial charge is 0.376 e. The Morgan fingerprint density at radius 2 is 2.21 bits per heavy atom. The molecule has 152 valence electrons. The monoisotopic (exact) mass is 423 g/mol. The Labute approximate surface area is 172 Å². The maximum absolute atomic E-state index is 12.1. The number of rotatable bonds is 6. The lowest BCUT2D eigenvalue weighted by molar-refractivity contribution is -0.117. The molecule has 0 unspecified atom stereocenters. The first kappa shape index (κ1) is 20.8. The SMILES string of the molecule is CC(C)(C)NC(=O)NC(=O)CSc1nnc(-c2cccs2)n1C[C@H]1CCCO1. The highest BCUT2D eigenvalue weighted by molar-refractivity contribution is 7.99. The Bertz CT molecular complexity index is 808. The van der Waals surface area contributed by atoms with Crippen molar-refractivity contribution >= 4 is 35.0 Å². The van der Waals surface area contributed by atoms with Crippen LogP contribution >= 0.6 is 23.1 Å². The zero-order chi connectivity index (χ0) is 20.1. The van der Waals surface area contributed by atoms with E-state index in [1.807, 2.05) is 42.9 Å². The number of aromatic nitrogens is 3. The van der Waals surface area contributed by atoms with Gasteiger partial charge in [-0.1, -0.05) is 17.8 Å². The summed E-state index contributed by atoms with van der Waals surface area (Å²) in [5, 5.41) is 16.3. The summed E-state index contributed by atoms with van der Waals surface area (Å²) >= 11 is 2.86. The summed E-state index contributed by atoms with van der Waals surface area (Å²) in [6.07, 6.45) is 2.18. The molecule has 3 amide bonds. The number of nitrogens with zero attached hydrogens (tertiary/aromatic N) is 3.